The van der Waals surface area contributed by atoms with Crippen LogP contribution in [-0.2, 0) is 4.74 Å². The highest BCUT2D eigenvalue weighted by atomic mass is 35.5. The molecule has 2 heterocycles. The van der Waals surface area contributed by atoms with Crippen molar-refractivity contribution in [3.63, 3.8) is 0 Å². The number of alkyl halides is 1. The fourth-order valence-corrected chi connectivity index (χ4v) is 2.30. The van der Waals surface area contributed by atoms with Gasteiger partial charge in [-0.3, -0.25) is 0 Å². The molecule has 4 nitrogen and oxygen atoms in total. The summed E-state index contributed by atoms with van der Waals surface area (Å²) in [5.41, 5.74) is 0. The zero-order chi connectivity index (χ0) is 9.97. The minimum atomic E-state index is 0.120. The highest BCUT2D eigenvalue weighted by Crippen LogP contribution is 2.19. The van der Waals surface area contributed by atoms with Gasteiger partial charge in [0.25, 0.3) is 0 Å². The molecule has 1 aliphatic heterocycles. The normalized spacial score (nSPS) is 22.7. The number of anilines is 1. The van der Waals surface area contributed by atoms with Crippen molar-refractivity contribution in [3.8, 4) is 0 Å². The van der Waals surface area contributed by atoms with Crippen molar-refractivity contribution in [2.24, 2.45) is 0 Å². The van der Waals surface area contributed by atoms with Gasteiger partial charge in [0.1, 0.15) is 5.82 Å². The number of rotatable bonds is 2. The highest BCUT2D eigenvalue weighted by Gasteiger charge is 2.21. The second-order valence-corrected chi connectivity index (χ2v) is 4.26. The van der Waals surface area contributed by atoms with Crippen molar-refractivity contribution in [3.05, 3.63) is 5.82 Å². The van der Waals surface area contributed by atoms with Gasteiger partial charge in [0, 0.05) is 24.6 Å². The molecule has 2 rings (SSSR count). The number of ether oxygens (including phenoxy) is 1. The lowest BCUT2D eigenvalue weighted by atomic mass is 10.3. The molecule has 1 aromatic rings. The molecular weight excluding hydrogens is 222 g/mol. The third kappa shape index (κ3) is 2.16. The summed E-state index contributed by atoms with van der Waals surface area (Å²) in [5.74, 6) is 1.37. The van der Waals surface area contributed by atoms with Crippen molar-refractivity contribution in [1.29, 1.82) is 0 Å². The van der Waals surface area contributed by atoms with Gasteiger partial charge in [-0.1, -0.05) is 0 Å². The molecule has 0 N–H and O–H groups in total. The summed E-state index contributed by atoms with van der Waals surface area (Å²) >= 11 is 7.19. The van der Waals surface area contributed by atoms with Crippen LogP contribution >= 0.6 is 23.1 Å². The van der Waals surface area contributed by atoms with E-state index in [-0.39, 0.29) is 6.10 Å². The van der Waals surface area contributed by atoms with E-state index in [4.69, 9.17) is 16.3 Å². The van der Waals surface area contributed by atoms with E-state index < -0.39 is 0 Å². The van der Waals surface area contributed by atoms with Crippen LogP contribution in [0.15, 0.2) is 0 Å². The maximum absolute atomic E-state index is 5.75. The van der Waals surface area contributed by atoms with Crippen LogP contribution in [0, 0.1) is 6.92 Å². The molecule has 0 amide bonds. The Bertz CT molecular complexity index is 307. The number of morpholine rings is 1. The first-order valence-electron chi connectivity index (χ1n) is 4.52. The zero-order valence-electron chi connectivity index (χ0n) is 7.94. The molecule has 0 aliphatic carbocycles. The Morgan fingerprint density at radius 3 is 3.21 bits per heavy atom. The molecule has 0 radical (unpaired) electrons. The molecule has 1 fully saturated rings. The van der Waals surface area contributed by atoms with E-state index in [0.29, 0.717) is 5.88 Å². The van der Waals surface area contributed by atoms with Crippen molar-refractivity contribution in [2.75, 3.05) is 30.5 Å². The summed E-state index contributed by atoms with van der Waals surface area (Å²) in [4.78, 5) is 6.52. The number of halogens is 1. The molecule has 1 atom stereocenters. The number of aromatic nitrogens is 2. The van der Waals surface area contributed by atoms with Gasteiger partial charge in [-0.15, -0.1) is 11.6 Å². The maximum atomic E-state index is 5.75. The summed E-state index contributed by atoms with van der Waals surface area (Å²) in [6.07, 6.45) is 0.120. The summed E-state index contributed by atoms with van der Waals surface area (Å²) in [6.45, 7) is 4.32. The van der Waals surface area contributed by atoms with Crippen LogP contribution in [0.25, 0.3) is 0 Å². The van der Waals surface area contributed by atoms with Crippen LogP contribution in [0.3, 0.4) is 0 Å². The SMILES string of the molecule is Cc1nsc(N2CCOC(CCl)C2)n1. The van der Waals surface area contributed by atoms with Crippen molar-refractivity contribution in [2.45, 2.75) is 13.0 Å². The van der Waals surface area contributed by atoms with Crippen LogP contribution in [-0.4, -0.2) is 41.0 Å². The minimum absolute atomic E-state index is 0.120. The molecule has 0 bridgehead atoms. The fourth-order valence-electron chi connectivity index (χ4n) is 1.40. The first-order valence-corrected chi connectivity index (χ1v) is 5.83. The van der Waals surface area contributed by atoms with Crippen LogP contribution in [0.5, 0.6) is 0 Å². The predicted molar refractivity (Wildman–Crippen MR) is 57.3 cm³/mol. The Hall–Kier alpha value is -0.390. The summed E-state index contributed by atoms with van der Waals surface area (Å²) in [5, 5.41) is 0.973. The van der Waals surface area contributed by atoms with Gasteiger partial charge < -0.3 is 9.64 Å². The van der Waals surface area contributed by atoms with Gasteiger partial charge in [-0.2, -0.15) is 4.37 Å². The third-order valence-corrected chi connectivity index (χ3v) is 3.31. The Balaban J connectivity index is 2.04. The predicted octanol–water partition coefficient (Wildman–Crippen LogP) is 1.29. The molecule has 14 heavy (non-hydrogen) atoms. The second-order valence-electron chi connectivity index (χ2n) is 3.22. The molecule has 1 aliphatic rings. The van der Waals surface area contributed by atoms with Crippen LogP contribution in [0.2, 0.25) is 0 Å². The monoisotopic (exact) mass is 233 g/mol. The maximum Gasteiger partial charge on any atom is 0.205 e. The molecule has 0 spiro atoms. The van der Waals surface area contributed by atoms with E-state index in [9.17, 15) is 0 Å². The van der Waals surface area contributed by atoms with Gasteiger partial charge in [-0.25, -0.2) is 4.98 Å². The summed E-state index contributed by atoms with van der Waals surface area (Å²) < 4.78 is 9.63. The topological polar surface area (TPSA) is 38.2 Å². The molecule has 6 heteroatoms. The highest BCUT2D eigenvalue weighted by molar-refractivity contribution is 7.09. The number of aryl methyl sites for hydroxylation is 1. The molecule has 0 aromatic carbocycles. The first-order chi connectivity index (χ1) is 6.79. The molecule has 78 valence electrons. The first kappa shape index (κ1) is 10.1. The van der Waals surface area contributed by atoms with Gasteiger partial charge in [0.2, 0.25) is 5.13 Å². The van der Waals surface area contributed by atoms with Crippen LogP contribution < -0.4 is 4.90 Å². The summed E-state index contributed by atoms with van der Waals surface area (Å²) in [6, 6.07) is 0. The molecule has 1 saturated heterocycles. The Kier molecular flexibility index (Phi) is 3.20. The van der Waals surface area contributed by atoms with Crippen molar-refractivity contribution in [1.82, 2.24) is 9.36 Å². The molecular formula is C8H12ClN3OS. The molecule has 0 saturated carbocycles. The van der Waals surface area contributed by atoms with Crippen molar-refractivity contribution < 1.29 is 4.74 Å². The number of hydrogen-bond donors (Lipinski definition) is 0. The van der Waals surface area contributed by atoms with E-state index in [0.717, 1.165) is 30.7 Å². The average molecular weight is 234 g/mol. The summed E-state index contributed by atoms with van der Waals surface area (Å²) in [7, 11) is 0. The van der Waals surface area contributed by atoms with Gasteiger partial charge in [0.05, 0.1) is 18.6 Å². The molecule has 1 aromatic heterocycles. The average Bonchev–Trinajstić information content (AvgIpc) is 2.65. The lowest BCUT2D eigenvalue weighted by Crippen LogP contribution is -2.43. The van der Waals surface area contributed by atoms with Crippen LogP contribution in [0.4, 0.5) is 5.13 Å². The Morgan fingerprint density at radius 1 is 1.71 bits per heavy atom. The van der Waals surface area contributed by atoms with E-state index in [2.05, 4.69) is 14.3 Å². The Morgan fingerprint density at radius 2 is 2.57 bits per heavy atom. The largest absolute Gasteiger partial charge is 0.373 e. The zero-order valence-corrected chi connectivity index (χ0v) is 9.51. The van der Waals surface area contributed by atoms with Crippen LogP contribution in [0.1, 0.15) is 5.82 Å². The van der Waals surface area contributed by atoms with E-state index in [1.807, 2.05) is 6.92 Å². The van der Waals surface area contributed by atoms with E-state index >= 15 is 0 Å². The Labute approximate surface area is 92.0 Å². The smallest absolute Gasteiger partial charge is 0.205 e. The lowest BCUT2D eigenvalue weighted by Gasteiger charge is -2.31. The van der Waals surface area contributed by atoms with Gasteiger partial charge in [0.15, 0.2) is 0 Å². The van der Waals surface area contributed by atoms with E-state index in [1.54, 1.807) is 0 Å². The standard InChI is InChI=1S/C8H12ClN3OS/c1-6-10-8(14-11-6)12-2-3-13-7(4-9)5-12/h7H,2-5H2,1H3. The van der Waals surface area contributed by atoms with E-state index in [1.165, 1.54) is 11.5 Å². The lowest BCUT2D eigenvalue weighted by molar-refractivity contribution is 0.0554. The minimum Gasteiger partial charge on any atom is -0.373 e. The van der Waals surface area contributed by atoms with Gasteiger partial charge in [-0.05, 0) is 6.92 Å². The number of hydrogen-bond acceptors (Lipinski definition) is 5. The second kappa shape index (κ2) is 4.42. The van der Waals surface area contributed by atoms with Gasteiger partial charge >= 0.3 is 0 Å². The quantitative estimate of drug-likeness (QED) is 0.722. The fraction of sp³-hybridized carbons (Fsp3) is 0.750. The number of nitrogens with zero attached hydrogens (tertiary/aromatic N) is 3. The molecule has 1 unspecified atom stereocenters. The third-order valence-electron chi connectivity index (χ3n) is 2.10. The van der Waals surface area contributed by atoms with Crippen molar-refractivity contribution >= 4 is 28.3 Å².